The second-order valence-electron chi connectivity index (χ2n) is 3.07. The Morgan fingerprint density at radius 3 is 2.75 bits per heavy atom. The second kappa shape index (κ2) is 5.53. The summed E-state index contributed by atoms with van der Waals surface area (Å²) in [6.45, 7) is 0. The minimum Gasteiger partial charge on any atom is -0.248 e. The third-order valence-corrected chi connectivity index (χ3v) is 3.59. The Balaban J connectivity index is 2.05. The normalized spacial score (nSPS) is 10.4. The molecule has 2 aromatic rings. The largest absolute Gasteiger partial charge is 0.248 e. The fourth-order valence-corrected chi connectivity index (χ4v) is 2.47. The van der Waals surface area contributed by atoms with Gasteiger partial charge in [0.05, 0.1) is 5.02 Å². The molecule has 0 aromatic carbocycles. The van der Waals surface area contributed by atoms with E-state index in [2.05, 4.69) is 9.97 Å². The minimum absolute atomic E-state index is 0.505. The van der Waals surface area contributed by atoms with E-state index in [4.69, 9.17) is 23.2 Å². The van der Waals surface area contributed by atoms with E-state index in [1.807, 2.05) is 24.3 Å². The van der Waals surface area contributed by atoms with Crippen molar-refractivity contribution in [1.82, 2.24) is 9.97 Å². The van der Waals surface area contributed by atoms with Gasteiger partial charge in [0.15, 0.2) is 0 Å². The van der Waals surface area contributed by atoms with Crippen LogP contribution in [0.5, 0.6) is 0 Å². The van der Waals surface area contributed by atoms with Crippen LogP contribution >= 0.6 is 35.0 Å². The summed E-state index contributed by atoms with van der Waals surface area (Å²) >= 11 is 13.4. The lowest BCUT2D eigenvalue weighted by Gasteiger charge is -2.02. The summed E-state index contributed by atoms with van der Waals surface area (Å²) in [5.74, 6) is 0.777. The highest BCUT2D eigenvalue weighted by Crippen LogP contribution is 2.27. The fraction of sp³-hybridized carbons (Fsp3) is 0.0909. The third-order valence-electron chi connectivity index (χ3n) is 1.89. The molecule has 0 aliphatic carbocycles. The summed E-state index contributed by atoms with van der Waals surface area (Å²) in [5.41, 5.74) is 1.10. The molecule has 0 bridgehead atoms. The first-order valence-corrected chi connectivity index (χ1v) is 6.33. The summed E-state index contributed by atoms with van der Waals surface area (Å²) < 4.78 is 0. The zero-order chi connectivity index (χ0) is 11.4. The van der Waals surface area contributed by atoms with E-state index in [1.165, 1.54) is 0 Å². The number of halogens is 2. The summed E-state index contributed by atoms with van der Waals surface area (Å²) in [7, 11) is 0. The number of rotatable bonds is 3. The molecule has 2 nitrogen and oxygen atoms in total. The molecular weight excluding hydrogens is 263 g/mol. The molecule has 0 fully saturated rings. The first-order valence-electron chi connectivity index (χ1n) is 4.59. The predicted molar refractivity (Wildman–Crippen MR) is 68.1 cm³/mol. The zero-order valence-electron chi connectivity index (χ0n) is 8.23. The quantitative estimate of drug-likeness (QED) is 0.621. The van der Waals surface area contributed by atoms with Gasteiger partial charge in [0.1, 0.15) is 10.2 Å². The SMILES string of the molecule is Clc1cc(CSc2ncccc2Cl)ccn1. The fourth-order valence-electron chi connectivity index (χ4n) is 1.16. The predicted octanol–water partition coefficient (Wildman–Crippen LogP) is 4.08. The van der Waals surface area contributed by atoms with Crippen LogP contribution in [0, 0.1) is 0 Å². The Kier molecular flexibility index (Phi) is 4.04. The van der Waals surface area contributed by atoms with Crippen LogP contribution in [0.3, 0.4) is 0 Å². The molecule has 0 radical (unpaired) electrons. The summed E-state index contributed by atoms with van der Waals surface area (Å²) in [6, 6.07) is 7.41. The average Bonchev–Trinajstić information content (AvgIpc) is 2.28. The maximum absolute atomic E-state index is 6.00. The van der Waals surface area contributed by atoms with Gasteiger partial charge in [0.2, 0.25) is 0 Å². The van der Waals surface area contributed by atoms with Gasteiger partial charge in [-0.05, 0) is 29.8 Å². The van der Waals surface area contributed by atoms with Crippen molar-refractivity contribution in [3.63, 3.8) is 0 Å². The lowest BCUT2D eigenvalue weighted by Crippen LogP contribution is -1.85. The van der Waals surface area contributed by atoms with Gasteiger partial charge in [0, 0.05) is 18.1 Å². The van der Waals surface area contributed by atoms with Crippen molar-refractivity contribution in [3.05, 3.63) is 52.4 Å². The molecule has 0 N–H and O–H groups in total. The molecule has 0 aliphatic rings. The standard InChI is InChI=1S/C11H8Cl2N2S/c12-9-2-1-4-15-11(9)16-7-8-3-5-14-10(13)6-8/h1-6H,7H2. The van der Waals surface area contributed by atoms with E-state index in [0.29, 0.717) is 10.2 Å². The van der Waals surface area contributed by atoms with Gasteiger partial charge in [-0.25, -0.2) is 9.97 Å². The van der Waals surface area contributed by atoms with Crippen LogP contribution in [0.15, 0.2) is 41.7 Å². The Morgan fingerprint density at radius 1 is 1.12 bits per heavy atom. The molecule has 0 atom stereocenters. The van der Waals surface area contributed by atoms with Crippen LogP contribution in [0.4, 0.5) is 0 Å². The van der Waals surface area contributed by atoms with Crippen LogP contribution in [0.1, 0.15) is 5.56 Å². The first-order chi connectivity index (χ1) is 7.75. The summed E-state index contributed by atoms with van der Waals surface area (Å²) in [4.78, 5) is 8.13. The number of hydrogen-bond donors (Lipinski definition) is 0. The van der Waals surface area contributed by atoms with Crippen molar-refractivity contribution in [3.8, 4) is 0 Å². The van der Waals surface area contributed by atoms with Crippen molar-refractivity contribution in [2.75, 3.05) is 0 Å². The Labute approximate surface area is 108 Å². The smallest absolute Gasteiger partial charge is 0.129 e. The molecule has 82 valence electrons. The van der Waals surface area contributed by atoms with Crippen molar-refractivity contribution >= 4 is 35.0 Å². The van der Waals surface area contributed by atoms with Gasteiger partial charge in [0.25, 0.3) is 0 Å². The lowest BCUT2D eigenvalue weighted by molar-refractivity contribution is 1.13. The molecule has 2 aromatic heterocycles. The molecule has 0 saturated carbocycles. The number of aromatic nitrogens is 2. The molecule has 0 saturated heterocycles. The van der Waals surface area contributed by atoms with Gasteiger partial charge in [-0.3, -0.25) is 0 Å². The van der Waals surface area contributed by atoms with Crippen LogP contribution in [0.2, 0.25) is 10.2 Å². The highest BCUT2D eigenvalue weighted by Gasteiger charge is 2.02. The molecule has 2 heterocycles. The van der Waals surface area contributed by atoms with Crippen LogP contribution in [0.25, 0.3) is 0 Å². The Bertz CT molecular complexity index is 491. The third kappa shape index (κ3) is 3.11. The van der Waals surface area contributed by atoms with E-state index < -0.39 is 0 Å². The molecule has 0 unspecified atom stereocenters. The van der Waals surface area contributed by atoms with Gasteiger partial charge in [-0.1, -0.05) is 23.2 Å². The number of pyridine rings is 2. The lowest BCUT2D eigenvalue weighted by atomic mass is 10.3. The molecule has 0 amide bonds. The summed E-state index contributed by atoms with van der Waals surface area (Å²) in [6.07, 6.45) is 3.42. The van der Waals surface area contributed by atoms with Crippen LogP contribution in [-0.4, -0.2) is 9.97 Å². The van der Waals surface area contributed by atoms with Crippen LogP contribution < -0.4 is 0 Å². The maximum atomic E-state index is 6.00. The molecule has 0 spiro atoms. The van der Waals surface area contributed by atoms with E-state index in [9.17, 15) is 0 Å². The second-order valence-corrected chi connectivity index (χ2v) is 4.82. The van der Waals surface area contributed by atoms with Crippen LogP contribution in [-0.2, 0) is 5.75 Å². The van der Waals surface area contributed by atoms with Gasteiger partial charge >= 0.3 is 0 Å². The van der Waals surface area contributed by atoms with Crippen molar-refractivity contribution in [1.29, 1.82) is 0 Å². The highest BCUT2D eigenvalue weighted by molar-refractivity contribution is 7.98. The van der Waals surface area contributed by atoms with E-state index >= 15 is 0 Å². The molecule has 16 heavy (non-hydrogen) atoms. The van der Waals surface area contributed by atoms with Gasteiger partial charge in [-0.2, -0.15) is 0 Å². The Hall–Kier alpha value is -0.770. The first kappa shape index (κ1) is 11.7. The molecule has 5 heteroatoms. The number of hydrogen-bond acceptors (Lipinski definition) is 3. The average molecular weight is 271 g/mol. The minimum atomic E-state index is 0.505. The van der Waals surface area contributed by atoms with E-state index in [1.54, 1.807) is 24.2 Å². The van der Waals surface area contributed by atoms with Gasteiger partial charge < -0.3 is 0 Å². The topological polar surface area (TPSA) is 25.8 Å². The number of nitrogens with zero attached hydrogens (tertiary/aromatic N) is 2. The monoisotopic (exact) mass is 270 g/mol. The van der Waals surface area contributed by atoms with Crippen molar-refractivity contribution < 1.29 is 0 Å². The van der Waals surface area contributed by atoms with E-state index in [-0.39, 0.29) is 0 Å². The number of thioether (sulfide) groups is 1. The highest BCUT2D eigenvalue weighted by atomic mass is 35.5. The maximum Gasteiger partial charge on any atom is 0.129 e. The molecule has 2 rings (SSSR count). The van der Waals surface area contributed by atoms with E-state index in [0.717, 1.165) is 16.3 Å². The summed E-state index contributed by atoms with van der Waals surface area (Å²) in [5, 5.41) is 2.01. The van der Waals surface area contributed by atoms with Gasteiger partial charge in [-0.15, -0.1) is 11.8 Å². The zero-order valence-corrected chi connectivity index (χ0v) is 10.6. The molecular formula is C11H8Cl2N2S. The van der Waals surface area contributed by atoms with Crippen molar-refractivity contribution in [2.24, 2.45) is 0 Å². The Morgan fingerprint density at radius 2 is 2.00 bits per heavy atom. The van der Waals surface area contributed by atoms with Crippen molar-refractivity contribution in [2.45, 2.75) is 10.8 Å². The molecule has 0 aliphatic heterocycles.